The molecule has 0 bridgehead atoms. The summed E-state index contributed by atoms with van der Waals surface area (Å²) in [4.78, 5) is 10.9. The van der Waals surface area contributed by atoms with Gasteiger partial charge < -0.3 is 5.11 Å². The van der Waals surface area contributed by atoms with Crippen molar-refractivity contribution in [3.05, 3.63) is 27.9 Å². The average molecular weight is 255 g/mol. The Morgan fingerprint density at radius 1 is 1.57 bits per heavy atom. The number of aromatic nitrogens is 2. The number of halogens is 1. The highest BCUT2D eigenvalue weighted by atomic mass is 79.9. The molecule has 0 aliphatic carbocycles. The van der Waals surface area contributed by atoms with Crippen LogP contribution < -0.4 is 0 Å². The van der Waals surface area contributed by atoms with Crippen molar-refractivity contribution in [3.8, 4) is 0 Å². The summed E-state index contributed by atoms with van der Waals surface area (Å²) in [6.07, 6.45) is 0. The lowest BCUT2D eigenvalue weighted by Crippen LogP contribution is -1.97. The van der Waals surface area contributed by atoms with E-state index in [1.165, 1.54) is 6.07 Å². The maximum absolute atomic E-state index is 10.9. The first kappa shape index (κ1) is 9.21. The minimum absolute atomic E-state index is 0.215. The molecule has 0 fully saturated rings. The molecular weight excluding hydrogens is 248 g/mol. The van der Waals surface area contributed by atoms with E-state index in [4.69, 9.17) is 5.11 Å². The van der Waals surface area contributed by atoms with Gasteiger partial charge >= 0.3 is 5.97 Å². The Balaban J connectivity index is 2.90. The number of carboxylic acid groups (broad SMARTS) is 1. The lowest BCUT2D eigenvalue weighted by Gasteiger charge is -1.98. The molecule has 0 saturated carbocycles. The molecule has 14 heavy (non-hydrogen) atoms. The van der Waals surface area contributed by atoms with Gasteiger partial charge in [-0.15, -0.1) is 0 Å². The van der Waals surface area contributed by atoms with Crippen molar-refractivity contribution in [1.29, 1.82) is 0 Å². The topological polar surface area (TPSA) is 66.0 Å². The van der Waals surface area contributed by atoms with E-state index in [0.29, 0.717) is 5.52 Å². The standard InChI is InChI=1S/C9H7BrN2O2/c1-4-7-6(10)3-2-5(9(13)14)8(7)12-11-4/h2-3H,1H3,(H,11,12)(H,13,14). The van der Waals surface area contributed by atoms with Crippen LogP contribution >= 0.6 is 15.9 Å². The van der Waals surface area contributed by atoms with Crippen LogP contribution in [0.4, 0.5) is 0 Å². The number of rotatable bonds is 1. The van der Waals surface area contributed by atoms with E-state index >= 15 is 0 Å². The zero-order chi connectivity index (χ0) is 10.3. The molecule has 1 aromatic heterocycles. The summed E-state index contributed by atoms with van der Waals surface area (Å²) in [5, 5.41) is 16.5. The van der Waals surface area contributed by atoms with E-state index in [1.807, 2.05) is 6.92 Å². The van der Waals surface area contributed by atoms with Gasteiger partial charge in [0.15, 0.2) is 0 Å². The fourth-order valence-electron chi connectivity index (χ4n) is 1.41. The van der Waals surface area contributed by atoms with Crippen LogP contribution in [0.15, 0.2) is 16.6 Å². The molecule has 4 nitrogen and oxygen atoms in total. The van der Waals surface area contributed by atoms with Crippen molar-refractivity contribution < 1.29 is 9.90 Å². The first-order chi connectivity index (χ1) is 6.61. The van der Waals surface area contributed by atoms with Gasteiger partial charge in [0, 0.05) is 15.6 Å². The third-order valence-electron chi connectivity index (χ3n) is 2.07. The van der Waals surface area contributed by atoms with Crippen molar-refractivity contribution in [2.24, 2.45) is 0 Å². The molecule has 2 N–H and O–H groups in total. The lowest BCUT2D eigenvalue weighted by atomic mass is 10.1. The third-order valence-corrected chi connectivity index (χ3v) is 2.73. The largest absolute Gasteiger partial charge is 0.478 e. The van der Waals surface area contributed by atoms with Crippen molar-refractivity contribution in [2.45, 2.75) is 6.92 Å². The summed E-state index contributed by atoms with van der Waals surface area (Å²) >= 11 is 3.36. The number of hydrogen-bond acceptors (Lipinski definition) is 2. The van der Waals surface area contributed by atoms with E-state index in [-0.39, 0.29) is 5.56 Å². The van der Waals surface area contributed by atoms with Crippen molar-refractivity contribution in [2.75, 3.05) is 0 Å². The molecule has 0 atom stereocenters. The van der Waals surface area contributed by atoms with Crippen LogP contribution in [-0.4, -0.2) is 21.3 Å². The third kappa shape index (κ3) is 1.21. The first-order valence-corrected chi connectivity index (χ1v) is 4.77. The second-order valence-corrected chi connectivity index (χ2v) is 3.83. The molecule has 2 aromatic rings. The molecular formula is C9H7BrN2O2. The number of fused-ring (bicyclic) bond motifs is 1. The van der Waals surface area contributed by atoms with E-state index in [9.17, 15) is 4.79 Å². The zero-order valence-electron chi connectivity index (χ0n) is 7.34. The summed E-state index contributed by atoms with van der Waals surface area (Å²) in [6, 6.07) is 3.25. The molecule has 0 aliphatic heterocycles. The molecule has 0 amide bonds. The number of carboxylic acids is 1. The quantitative estimate of drug-likeness (QED) is 0.821. The van der Waals surface area contributed by atoms with Gasteiger partial charge in [-0.3, -0.25) is 5.10 Å². The van der Waals surface area contributed by atoms with E-state index in [1.54, 1.807) is 6.07 Å². The number of aryl methyl sites for hydroxylation is 1. The van der Waals surface area contributed by atoms with Crippen LogP contribution in [0.3, 0.4) is 0 Å². The van der Waals surface area contributed by atoms with E-state index < -0.39 is 5.97 Å². The SMILES string of the molecule is Cc1[nH]nc2c(C(=O)O)ccc(Br)c12. The Morgan fingerprint density at radius 2 is 2.29 bits per heavy atom. The van der Waals surface area contributed by atoms with Gasteiger partial charge in [0.2, 0.25) is 0 Å². The molecule has 0 radical (unpaired) electrons. The predicted molar refractivity (Wildman–Crippen MR) is 55.5 cm³/mol. The molecule has 0 aliphatic rings. The predicted octanol–water partition coefficient (Wildman–Crippen LogP) is 2.33. The zero-order valence-corrected chi connectivity index (χ0v) is 8.92. The number of hydrogen-bond donors (Lipinski definition) is 2. The van der Waals surface area contributed by atoms with Crippen LogP contribution in [-0.2, 0) is 0 Å². The van der Waals surface area contributed by atoms with Crippen LogP contribution in [0.2, 0.25) is 0 Å². The van der Waals surface area contributed by atoms with Crippen molar-refractivity contribution >= 4 is 32.8 Å². The Labute approximate surface area is 88.1 Å². The van der Waals surface area contributed by atoms with Gasteiger partial charge in [-0.05, 0) is 19.1 Å². The molecule has 72 valence electrons. The fraction of sp³-hybridized carbons (Fsp3) is 0.111. The monoisotopic (exact) mass is 254 g/mol. The van der Waals surface area contributed by atoms with Gasteiger partial charge in [0.25, 0.3) is 0 Å². The lowest BCUT2D eigenvalue weighted by molar-refractivity contribution is 0.0699. The van der Waals surface area contributed by atoms with Gasteiger partial charge in [0.1, 0.15) is 5.52 Å². The normalized spacial score (nSPS) is 10.7. The fourth-order valence-corrected chi connectivity index (χ4v) is 2.02. The molecule has 0 unspecified atom stereocenters. The first-order valence-electron chi connectivity index (χ1n) is 3.97. The molecule has 1 aromatic carbocycles. The number of nitrogens with zero attached hydrogens (tertiary/aromatic N) is 1. The van der Waals surface area contributed by atoms with Gasteiger partial charge in [-0.2, -0.15) is 5.10 Å². The van der Waals surface area contributed by atoms with Crippen LogP contribution in [0, 0.1) is 6.92 Å². The summed E-state index contributed by atoms with van der Waals surface area (Å²) in [7, 11) is 0. The number of H-pyrrole nitrogens is 1. The van der Waals surface area contributed by atoms with Gasteiger partial charge in [-0.1, -0.05) is 15.9 Å². The maximum atomic E-state index is 10.9. The molecule has 0 saturated heterocycles. The molecule has 0 spiro atoms. The number of aromatic carboxylic acids is 1. The maximum Gasteiger partial charge on any atom is 0.337 e. The second kappa shape index (κ2) is 3.09. The van der Waals surface area contributed by atoms with E-state index in [2.05, 4.69) is 26.1 Å². The minimum Gasteiger partial charge on any atom is -0.478 e. The Morgan fingerprint density at radius 3 is 2.93 bits per heavy atom. The number of benzene rings is 1. The van der Waals surface area contributed by atoms with E-state index in [0.717, 1.165) is 15.6 Å². The van der Waals surface area contributed by atoms with Crippen LogP contribution in [0.1, 0.15) is 16.1 Å². The highest BCUT2D eigenvalue weighted by Gasteiger charge is 2.14. The molecule has 5 heteroatoms. The number of carbonyl (C=O) groups is 1. The number of nitrogens with one attached hydrogen (secondary N) is 1. The van der Waals surface area contributed by atoms with Crippen LogP contribution in [0.5, 0.6) is 0 Å². The highest BCUT2D eigenvalue weighted by molar-refractivity contribution is 9.10. The summed E-state index contributed by atoms with van der Waals surface area (Å²) in [6.45, 7) is 1.85. The number of aromatic amines is 1. The summed E-state index contributed by atoms with van der Waals surface area (Å²) in [5.74, 6) is -0.964. The molecule has 1 heterocycles. The minimum atomic E-state index is -0.964. The Bertz CT molecular complexity index is 519. The summed E-state index contributed by atoms with van der Waals surface area (Å²) in [5.41, 5.74) is 1.56. The molecule has 2 rings (SSSR count). The highest BCUT2D eigenvalue weighted by Crippen LogP contribution is 2.27. The second-order valence-electron chi connectivity index (χ2n) is 2.97. The van der Waals surface area contributed by atoms with Crippen LogP contribution in [0.25, 0.3) is 10.9 Å². The van der Waals surface area contributed by atoms with Gasteiger partial charge in [-0.25, -0.2) is 4.79 Å². The van der Waals surface area contributed by atoms with Crippen molar-refractivity contribution in [3.63, 3.8) is 0 Å². The Hall–Kier alpha value is -1.36. The average Bonchev–Trinajstić information content (AvgIpc) is 2.49. The summed E-state index contributed by atoms with van der Waals surface area (Å²) < 4.78 is 0.851. The van der Waals surface area contributed by atoms with Gasteiger partial charge in [0.05, 0.1) is 5.56 Å². The van der Waals surface area contributed by atoms with Crippen molar-refractivity contribution in [1.82, 2.24) is 10.2 Å². The Kier molecular flexibility index (Phi) is 2.03. The smallest absolute Gasteiger partial charge is 0.337 e.